The Labute approximate surface area is 187 Å². The molecule has 1 heterocycles. The molecule has 4 rings (SSSR count). The van der Waals surface area contributed by atoms with Gasteiger partial charge in [0.1, 0.15) is 9.75 Å². The Morgan fingerprint density at radius 1 is 1.03 bits per heavy atom. The summed E-state index contributed by atoms with van der Waals surface area (Å²) in [5, 5.41) is 19.8. The number of hydrogen-bond acceptors (Lipinski definition) is 5. The molecule has 160 valence electrons. The molecule has 0 spiro atoms. The van der Waals surface area contributed by atoms with E-state index < -0.39 is 33.4 Å². The molecule has 2 atom stereocenters. The van der Waals surface area contributed by atoms with Crippen LogP contribution in [0, 0.1) is 0 Å². The van der Waals surface area contributed by atoms with Crippen LogP contribution < -0.4 is 4.72 Å². The number of benzene rings is 2. The maximum absolute atomic E-state index is 13.0. The second-order valence-electron chi connectivity index (χ2n) is 7.16. The Balaban J connectivity index is 1.64. The molecule has 0 bridgehead atoms. The number of sulfonamides is 1. The predicted molar refractivity (Wildman–Crippen MR) is 116 cm³/mol. The quantitative estimate of drug-likeness (QED) is 0.472. The van der Waals surface area contributed by atoms with E-state index in [0.29, 0.717) is 9.90 Å². The number of rotatable bonds is 7. The molecule has 0 saturated heterocycles. The topological polar surface area (TPSA) is 121 Å². The van der Waals surface area contributed by atoms with Gasteiger partial charge in [0.15, 0.2) is 0 Å². The minimum absolute atomic E-state index is 0.0322. The average molecular weight is 478 g/mol. The van der Waals surface area contributed by atoms with Crippen molar-refractivity contribution in [1.82, 2.24) is 4.72 Å². The fraction of sp³-hybridized carbons (Fsp3) is 0.143. The van der Waals surface area contributed by atoms with Crippen molar-refractivity contribution in [2.75, 3.05) is 0 Å². The molecule has 1 saturated carbocycles. The van der Waals surface area contributed by atoms with E-state index in [0.717, 1.165) is 16.9 Å². The van der Waals surface area contributed by atoms with E-state index in [1.807, 2.05) is 0 Å². The van der Waals surface area contributed by atoms with E-state index in [-0.39, 0.29) is 21.8 Å². The van der Waals surface area contributed by atoms with Crippen molar-refractivity contribution in [3.05, 3.63) is 76.8 Å². The molecule has 31 heavy (non-hydrogen) atoms. The second kappa shape index (κ2) is 7.76. The third-order valence-corrected chi connectivity index (χ3v) is 8.59. The maximum Gasteiger partial charge on any atom is 0.335 e. The first kappa shape index (κ1) is 21.5. The highest BCUT2D eigenvalue weighted by molar-refractivity contribution is 7.91. The molecular weight excluding hydrogens is 462 g/mol. The van der Waals surface area contributed by atoms with E-state index in [4.69, 9.17) is 11.6 Å². The SMILES string of the molecule is O=C(O)c1ccccc1[C@H]1C[C@@]1(NS(=O)(=O)c1ccc(-c2ccc(Cl)cc2)s1)C(=O)O. The van der Waals surface area contributed by atoms with Gasteiger partial charge >= 0.3 is 11.9 Å². The summed E-state index contributed by atoms with van der Waals surface area (Å²) in [5.41, 5.74) is -0.776. The summed E-state index contributed by atoms with van der Waals surface area (Å²) in [6.07, 6.45) is -0.0404. The first-order valence-corrected chi connectivity index (χ1v) is 11.8. The molecule has 3 aromatic rings. The zero-order valence-electron chi connectivity index (χ0n) is 15.8. The Kier molecular flexibility index (Phi) is 5.38. The lowest BCUT2D eigenvalue weighted by Gasteiger charge is -2.15. The zero-order valence-corrected chi connectivity index (χ0v) is 18.2. The molecule has 7 nitrogen and oxygen atoms in total. The molecule has 10 heteroatoms. The number of aromatic carboxylic acids is 1. The monoisotopic (exact) mass is 477 g/mol. The molecular formula is C21H16ClNO6S2. The Bertz CT molecular complexity index is 1290. The molecule has 1 aliphatic carbocycles. The summed E-state index contributed by atoms with van der Waals surface area (Å²) < 4.78 is 28.3. The fourth-order valence-corrected chi connectivity index (χ4v) is 6.39. The molecule has 0 unspecified atom stereocenters. The normalized spacial score (nSPS) is 20.4. The number of halogens is 1. The number of hydrogen-bond donors (Lipinski definition) is 3. The van der Waals surface area contributed by atoms with Crippen molar-refractivity contribution in [2.24, 2.45) is 0 Å². The van der Waals surface area contributed by atoms with E-state index in [2.05, 4.69) is 4.72 Å². The fourth-order valence-electron chi connectivity index (χ4n) is 3.55. The summed E-state index contributed by atoms with van der Waals surface area (Å²) in [7, 11) is -4.16. The lowest BCUT2D eigenvalue weighted by atomic mass is 10.0. The van der Waals surface area contributed by atoms with E-state index >= 15 is 0 Å². The number of carboxylic acids is 2. The van der Waals surface area contributed by atoms with Gasteiger partial charge in [-0.2, -0.15) is 4.72 Å². The van der Waals surface area contributed by atoms with Gasteiger partial charge in [0.2, 0.25) is 0 Å². The van der Waals surface area contributed by atoms with Crippen molar-refractivity contribution in [3.8, 4) is 10.4 Å². The van der Waals surface area contributed by atoms with Gasteiger partial charge in [-0.15, -0.1) is 11.3 Å². The zero-order chi connectivity index (χ0) is 22.4. The number of nitrogens with one attached hydrogen (secondary N) is 1. The minimum atomic E-state index is -4.16. The number of aliphatic carboxylic acids is 1. The molecule has 2 aromatic carbocycles. The summed E-state index contributed by atoms with van der Waals surface area (Å²) >= 11 is 6.89. The third kappa shape index (κ3) is 3.97. The van der Waals surface area contributed by atoms with Crippen LogP contribution in [-0.4, -0.2) is 36.1 Å². The standard InChI is InChI=1S/C21H16ClNO6S2/c22-13-7-5-12(6-8-13)17-9-10-18(30-17)31(28,29)23-21(20(26)27)11-16(21)14-3-1-2-4-15(14)19(24)25/h1-10,16,23H,11H2,(H,24,25)(H,26,27)/t16-,21+/m1/s1. The highest BCUT2D eigenvalue weighted by Gasteiger charge is 2.64. The van der Waals surface area contributed by atoms with Crippen LogP contribution in [0.3, 0.4) is 0 Å². The van der Waals surface area contributed by atoms with Crippen molar-refractivity contribution in [2.45, 2.75) is 22.1 Å². The maximum atomic E-state index is 13.0. The molecule has 0 aliphatic heterocycles. The van der Waals surface area contributed by atoms with E-state index in [1.54, 1.807) is 36.4 Å². The summed E-state index contributed by atoms with van der Waals surface area (Å²) in [6, 6.07) is 16.0. The third-order valence-electron chi connectivity index (χ3n) is 5.20. The summed E-state index contributed by atoms with van der Waals surface area (Å²) in [5.74, 6) is -3.34. The Morgan fingerprint density at radius 2 is 1.71 bits per heavy atom. The highest BCUT2D eigenvalue weighted by atomic mass is 35.5. The molecule has 0 amide bonds. The lowest BCUT2D eigenvalue weighted by molar-refractivity contribution is -0.140. The molecule has 1 fully saturated rings. The lowest BCUT2D eigenvalue weighted by Crippen LogP contribution is -2.44. The van der Waals surface area contributed by atoms with Crippen LogP contribution in [0.1, 0.15) is 28.3 Å². The number of carbonyl (C=O) groups is 2. The van der Waals surface area contributed by atoms with Gasteiger partial charge in [0.05, 0.1) is 5.56 Å². The van der Waals surface area contributed by atoms with Crippen LogP contribution in [0.5, 0.6) is 0 Å². The van der Waals surface area contributed by atoms with Gasteiger partial charge in [-0.25, -0.2) is 13.2 Å². The average Bonchev–Trinajstić information content (AvgIpc) is 3.21. The van der Waals surface area contributed by atoms with Crippen molar-refractivity contribution < 1.29 is 28.2 Å². The van der Waals surface area contributed by atoms with Crippen LogP contribution in [0.2, 0.25) is 5.02 Å². The van der Waals surface area contributed by atoms with Crippen LogP contribution in [0.4, 0.5) is 0 Å². The first-order chi connectivity index (χ1) is 14.6. The van der Waals surface area contributed by atoms with Gasteiger partial charge in [0.25, 0.3) is 10.0 Å². The summed E-state index contributed by atoms with van der Waals surface area (Å²) in [4.78, 5) is 24.2. The van der Waals surface area contributed by atoms with Gasteiger partial charge in [-0.1, -0.05) is 41.9 Å². The number of thiophene rings is 1. The van der Waals surface area contributed by atoms with Gasteiger partial charge in [0, 0.05) is 15.8 Å². The van der Waals surface area contributed by atoms with Crippen LogP contribution in [0.25, 0.3) is 10.4 Å². The highest BCUT2D eigenvalue weighted by Crippen LogP contribution is 2.53. The van der Waals surface area contributed by atoms with Crippen molar-refractivity contribution >= 4 is 44.9 Å². The first-order valence-electron chi connectivity index (χ1n) is 9.09. The smallest absolute Gasteiger partial charge is 0.335 e. The second-order valence-corrected chi connectivity index (χ2v) is 10.6. The van der Waals surface area contributed by atoms with Crippen molar-refractivity contribution in [3.63, 3.8) is 0 Å². The van der Waals surface area contributed by atoms with Gasteiger partial charge in [-0.3, -0.25) is 4.79 Å². The molecule has 1 aromatic heterocycles. The largest absolute Gasteiger partial charge is 0.480 e. The molecule has 0 radical (unpaired) electrons. The van der Waals surface area contributed by atoms with Crippen LogP contribution >= 0.6 is 22.9 Å². The molecule has 3 N–H and O–H groups in total. The summed E-state index contributed by atoms with van der Waals surface area (Å²) in [6.45, 7) is 0. The minimum Gasteiger partial charge on any atom is -0.480 e. The Morgan fingerprint density at radius 3 is 2.35 bits per heavy atom. The predicted octanol–water partition coefficient (Wildman–Crippen LogP) is 4.06. The van der Waals surface area contributed by atoms with Gasteiger partial charge in [-0.05, 0) is 47.9 Å². The number of carboxylic acid groups (broad SMARTS) is 2. The van der Waals surface area contributed by atoms with E-state index in [1.165, 1.54) is 24.3 Å². The molecule has 1 aliphatic rings. The van der Waals surface area contributed by atoms with Crippen LogP contribution in [-0.2, 0) is 14.8 Å². The van der Waals surface area contributed by atoms with Crippen molar-refractivity contribution in [1.29, 1.82) is 0 Å². The Hall–Kier alpha value is -2.72. The van der Waals surface area contributed by atoms with E-state index in [9.17, 15) is 28.2 Å². The van der Waals surface area contributed by atoms with Gasteiger partial charge < -0.3 is 10.2 Å². The van der Waals surface area contributed by atoms with Crippen LogP contribution in [0.15, 0.2) is 64.9 Å².